The number of carbonyl (C=O) groups excluding carboxylic acids is 1. The molecule has 166 valence electrons. The van der Waals surface area contributed by atoms with Crippen molar-refractivity contribution in [1.29, 1.82) is 0 Å². The summed E-state index contributed by atoms with van der Waals surface area (Å²) in [6, 6.07) is 14.2. The van der Waals surface area contributed by atoms with Crippen molar-refractivity contribution in [3.63, 3.8) is 0 Å². The van der Waals surface area contributed by atoms with Gasteiger partial charge < -0.3 is 9.64 Å². The number of aryl methyl sites for hydroxylation is 2. The largest absolute Gasteiger partial charge is 0.471 e. The van der Waals surface area contributed by atoms with Crippen LogP contribution < -0.4 is 4.74 Å². The summed E-state index contributed by atoms with van der Waals surface area (Å²) in [5, 5.41) is 4.72. The van der Waals surface area contributed by atoms with Crippen LogP contribution in [0.4, 0.5) is 0 Å². The molecule has 1 amide bonds. The molecule has 6 heteroatoms. The molecule has 3 aromatic rings. The maximum absolute atomic E-state index is 13.9. The van der Waals surface area contributed by atoms with Crippen LogP contribution in [-0.4, -0.2) is 32.1 Å². The van der Waals surface area contributed by atoms with Gasteiger partial charge in [0.1, 0.15) is 12.3 Å². The highest BCUT2D eigenvalue weighted by molar-refractivity contribution is 5.89. The zero-order valence-electron chi connectivity index (χ0n) is 18.9. The molecule has 32 heavy (non-hydrogen) atoms. The van der Waals surface area contributed by atoms with Gasteiger partial charge in [-0.05, 0) is 37.0 Å². The van der Waals surface area contributed by atoms with Crippen molar-refractivity contribution in [2.45, 2.75) is 57.6 Å². The number of hydrogen-bond acceptors (Lipinski definition) is 4. The fraction of sp³-hybridized carbons (Fsp3) is 0.423. The van der Waals surface area contributed by atoms with E-state index in [0.717, 1.165) is 61.0 Å². The Balaban J connectivity index is 1.38. The number of ether oxygens (including phenoxy) is 1. The van der Waals surface area contributed by atoms with E-state index < -0.39 is 0 Å². The van der Waals surface area contributed by atoms with E-state index in [1.165, 1.54) is 5.69 Å². The Kier molecular flexibility index (Phi) is 5.45. The Hall–Kier alpha value is -3.15. The van der Waals surface area contributed by atoms with E-state index in [0.29, 0.717) is 19.0 Å². The number of nitrogens with zero attached hydrogens (tertiary/aromatic N) is 4. The number of aromatic nitrogens is 3. The molecule has 0 saturated heterocycles. The minimum absolute atomic E-state index is 0.267. The highest BCUT2D eigenvalue weighted by Gasteiger charge is 2.45. The molecule has 0 atom stereocenters. The average Bonchev–Trinajstić information content (AvgIpc) is 3.44. The van der Waals surface area contributed by atoms with Crippen LogP contribution in [0.3, 0.4) is 0 Å². The Bertz CT molecular complexity index is 1120. The first-order valence-electron chi connectivity index (χ1n) is 11.5. The first-order valence-corrected chi connectivity index (χ1v) is 11.5. The molecular formula is C26H30N4O2. The number of fused-ring (bicyclic) bond motifs is 1. The lowest BCUT2D eigenvalue weighted by Gasteiger charge is -2.37. The first kappa shape index (κ1) is 20.7. The van der Waals surface area contributed by atoms with Gasteiger partial charge in [0.05, 0.1) is 5.41 Å². The zero-order valence-corrected chi connectivity index (χ0v) is 18.9. The molecule has 0 bridgehead atoms. The van der Waals surface area contributed by atoms with Gasteiger partial charge in [-0.1, -0.05) is 43.2 Å². The van der Waals surface area contributed by atoms with Crippen LogP contribution in [0, 0.1) is 6.92 Å². The highest BCUT2D eigenvalue weighted by Crippen LogP contribution is 2.43. The number of rotatable bonds is 5. The number of pyridine rings is 1. The summed E-state index contributed by atoms with van der Waals surface area (Å²) in [6.07, 6.45) is 6.65. The van der Waals surface area contributed by atoms with Gasteiger partial charge >= 0.3 is 0 Å². The SMILES string of the molecule is Cc1ccnc(OCc2nn(C)c3c2CN(C(=O)C2(c4ccccc4)CCCC2)CC3)c1. The van der Waals surface area contributed by atoms with Gasteiger partial charge in [-0.2, -0.15) is 5.10 Å². The Morgan fingerprint density at radius 2 is 1.94 bits per heavy atom. The summed E-state index contributed by atoms with van der Waals surface area (Å²) in [7, 11) is 1.98. The Morgan fingerprint density at radius 3 is 2.69 bits per heavy atom. The number of hydrogen-bond donors (Lipinski definition) is 0. The third-order valence-electron chi connectivity index (χ3n) is 7.05. The summed E-state index contributed by atoms with van der Waals surface area (Å²) >= 11 is 0. The second-order valence-corrected chi connectivity index (χ2v) is 9.09. The van der Waals surface area contributed by atoms with Crippen LogP contribution in [0.1, 0.15) is 53.8 Å². The quantitative estimate of drug-likeness (QED) is 0.612. The molecule has 0 unspecified atom stereocenters. The van der Waals surface area contributed by atoms with E-state index in [4.69, 9.17) is 9.84 Å². The normalized spacial score (nSPS) is 17.2. The van der Waals surface area contributed by atoms with E-state index in [-0.39, 0.29) is 11.3 Å². The molecular weight excluding hydrogens is 400 g/mol. The summed E-state index contributed by atoms with van der Waals surface area (Å²) in [4.78, 5) is 20.3. The van der Waals surface area contributed by atoms with E-state index in [2.05, 4.69) is 22.0 Å². The summed E-state index contributed by atoms with van der Waals surface area (Å²) in [5.74, 6) is 0.866. The van der Waals surface area contributed by atoms with Crippen molar-refractivity contribution in [2.24, 2.45) is 7.05 Å². The van der Waals surface area contributed by atoms with E-state index in [9.17, 15) is 4.79 Å². The number of benzene rings is 1. The standard InChI is InChI=1S/C26H30N4O2/c1-19-10-14-27-24(16-19)32-18-22-21-17-30(15-11-23(21)29(2)28-22)25(31)26(12-6-7-13-26)20-8-4-3-5-9-20/h3-5,8-10,14,16H,6-7,11-13,15,17-18H2,1-2H3. The van der Waals surface area contributed by atoms with Crippen molar-refractivity contribution in [3.05, 3.63) is 76.7 Å². The average molecular weight is 431 g/mol. The molecule has 0 spiro atoms. The minimum Gasteiger partial charge on any atom is -0.471 e. The molecule has 1 fully saturated rings. The van der Waals surface area contributed by atoms with Crippen LogP contribution in [0.5, 0.6) is 5.88 Å². The monoisotopic (exact) mass is 430 g/mol. The molecule has 1 aliphatic heterocycles. The van der Waals surface area contributed by atoms with Gasteiger partial charge in [0.2, 0.25) is 11.8 Å². The fourth-order valence-electron chi connectivity index (χ4n) is 5.35. The molecule has 0 radical (unpaired) electrons. The van der Waals surface area contributed by atoms with Gasteiger partial charge in [-0.15, -0.1) is 0 Å². The van der Waals surface area contributed by atoms with Crippen molar-refractivity contribution in [1.82, 2.24) is 19.7 Å². The first-order chi connectivity index (χ1) is 15.6. The van der Waals surface area contributed by atoms with Crippen LogP contribution in [0.25, 0.3) is 0 Å². The van der Waals surface area contributed by atoms with Crippen LogP contribution in [0.2, 0.25) is 0 Å². The minimum atomic E-state index is -0.386. The molecule has 2 aromatic heterocycles. The van der Waals surface area contributed by atoms with Gasteiger partial charge in [0.25, 0.3) is 0 Å². The summed E-state index contributed by atoms with van der Waals surface area (Å²) in [6.45, 7) is 3.70. The van der Waals surface area contributed by atoms with Gasteiger partial charge in [-0.3, -0.25) is 9.48 Å². The lowest BCUT2D eigenvalue weighted by molar-refractivity contribution is -0.138. The smallest absolute Gasteiger partial charge is 0.233 e. The fourth-order valence-corrected chi connectivity index (χ4v) is 5.35. The van der Waals surface area contributed by atoms with Gasteiger partial charge in [0.15, 0.2) is 0 Å². The van der Waals surface area contributed by atoms with Crippen LogP contribution in [-0.2, 0) is 36.8 Å². The van der Waals surface area contributed by atoms with Gasteiger partial charge in [0, 0.05) is 50.1 Å². The molecule has 5 rings (SSSR count). The molecule has 0 N–H and O–H groups in total. The topological polar surface area (TPSA) is 60.3 Å². The maximum atomic E-state index is 13.9. The molecule has 6 nitrogen and oxygen atoms in total. The summed E-state index contributed by atoms with van der Waals surface area (Å²) in [5.41, 5.74) is 5.10. The predicted molar refractivity (Wildman–Crippen MR) is 122 cm³/mol. The zero-order chi connectivity index (χ0) is 22.1. The third-order valence-corrected chi connectivity index (χ3v) is 7.05. The second kappa shape index (κ2) is 8.41. The van der Waals surface area contributed by atoms with Crippen molar-refractivity contribution >= 4 is 5.91 Å². The van der Waals surface area contributed by atoms with E-state index >= 15 is 0 Å². The molecule has 2 aliphatic rings. The molecule has 1 aliphatic carbocycles. The van der Waals surface area contributed by atoms with Crippen molar-refractivity contribution in [2.75, 3.05) is 6.54 Å². The van der Waals surface area contributed by atoms with Crippen LogP contribution in [0.15, 0.2) is 48.7 Å². The number of carbonyl (C=O) groups is 1. The maximum Gasteiger partial charge on any atom is 0.233 e. The van der Waals surface area contributed by atoms with Crippen molar-refractivity contribution < 1.29 is 9.53 Å². The van der Waals surface area contributed by atoms with E-state index in [1.807, 2.05) is 49.0 Å². The Morgan fingerprint density at radius 1 is 1.16 bits per heavy atom. The highest BCUT2D eigenvalue weighted by atomic mass is 16.5. The summed E-state index contributed by atoms with van der Waals surface area (Å²) < 4.78 is 7.89. The van der Waals surface area contributed by atoms with Crippen LogP contribution >= 0.6 is 0 Å². The molecule has 3 heterocycles. The Labute approximate surface area is 189 Å². The van der Waals surface area contributed by atoms with Crippen molar-refractivity contribution in [3.8, 4) is 5.88 Å². The van der Waals surface area contributed by atoms with E-state index in [1.54, 1.807) is 6.20 Å². The predicted octanol–water partition coefficient (Wildman–Crippen LogP) is 4.10. The molecule has 1 saturated carbocycles. The lowest BCUT2D eigenvalue weighted by Crippen LogP contribution is -2.47. The molecule has 1 aromatic carbocycles. The van der Waals surface area contributed by atoms with Gasteiger partial charge in [-0.25, -0.2) is 4.98 Å². The lowest BCUT2D eigenvalue weighted by atomic mass is 9.77. The number of amides is 1. The third kappa shape index (κ3) is 3.68. The second-order valence-electron chi connectivity index (χ2n) is 9.09.